The minimum atomic E-state index is 0.0900. The summed E-state index contributed by atoms with van der Waals surface area (Å²) in [7, 11) is 0. The van der Waals surface area contributed by atoms with Crippen molar-refractivity contribution >= 4 is 17.2 Å². The molecule has 0 radical (unpaired) electrons. The number of thiazole rings is 1. The van der Waals surface area contributed by atoms with Gasteiger partial charge in [0.1, 0.15) is 5.01 Å². The van der Waals surface area contributed by atoms with E-state index in [0.717, 1.165) is 16.4 Å². The third-order valence-electron chi connectivity index (χ3n) is 3.54. The van der Waals surface area contributed by atoms with Gasteiger partial charge in [-0.2, -0.15) is 0 Å². The summed E-state index contributed by atoms with van der Waals surface area (Å²) in [5.74, 6) is 0.111. The van der Waals surface area contributed by atoms with E-state index in [1.54, 1.807) is 6.20 Å². The van der Waals surface area contributed by atoms with Crippen LogP contribution in [0.25, 0.3) is 10.7 Å². The molecule has 0 spiro atoms. The second-order valence-electron chi connectivity index (χ2n) is 5.59. The normalized spacial score (nSPS) is 21.8. The van der Waals surface area contributed by atoms with Gasteiger partial charge in [0.25, 0.3) is 0 Å². The molecule has 22 heavy (non-hydrogen) atoms. The number of hydrogen-bond acceptors (Lipinski definition) is 5. The summed E-state index contributed by atoms with van der Waals surface area (Å²) in [6.07, 6.45) is 2.26. The summed E-state index contributed by atoms with van der Waals surface area (Å²) < 4.78 is 5.66. The molecule has 5 nitrogen and oxygen atoms in total. The van der Waals surface area contributed by atoms with Crippen molar-refractivity contribution in [2.45, 2.75) is 32.5 Å². The Labute approximate surface area is 134 Å². The predicted octanol–water partition coefficient (Wildman–Crippen LogP) is 2.38. The minimum Gasteiger partial charge on any atom is -0.372 e. The minimum absolute atomic E-state index is 0.0900. The van der Waals surface area contributed by atoms with Crippen LogP contribution in [0.5, 0.6) is 0 Å². The fourth-order valence-electron chi connectivity index (χ4n) is 2.64. The van der Waals surface area contributed by atoms with Crippen molar-refractivity contribution < 1.29 is 9.53 Å². The fraction of sp³-hybridized carbons (Fsp3) is 0.438. The summed E-state index contributed by atoms with van der Waals surface area (Å²) in [6, 6.07) is 5.74. The number of nitrogens with zero attached hydrogens (tertiary/aromatic N) is 3. The van der Waals surface area contributed by atoms with Crippen LogP contribution in [0.2, 0.25) is 0 Å². The zero-order chi connectivity index (χ0) is 15.5. The molecule has 1 saturated heterocycles. The lowest BCUT2D eigenvalue weighted by molar-refractivity contribution is -0.142. The van der Waals surface area contributed by atoms with Gasteiger partial charge in [0.05, 0.1) is 30.0 Å². The Balaban J connectivity index is 1.66. The first-order valence-electron chi connectivity index (χ1n) is 7.41. The van der Waals surface area contributed by atoms with Gasteiger partial charge in [-0.3, -0.25) is 9.78 Å². The molecule has 116 valence electrons. The van der Waals surface area contributed by atoms with E-state index >= 15 is 0 Å². The molecule has 3 heterocycles. The number of pyridine rings is 1. The molecule has 2 aromatic rings. The maximum absolute atomic E-state index is 12.4. The van der Waals surface area contributed by atoms with E-state index in [2.05, 4.69) is 9.97 Å². The SMILES string of the molecule is C[C@H]1CN(C(=O)Cc2csc(-c3ccccn3)n2)C[C@H](C)O1. The van der Waals surface area contributed by atoms with Gasteiger partial charge < -0.3 is 9.64 Å². The second-order valence-corrected chi connectivity index (χ2v) is 6.45. The van der Waals surface area contributed by atoms with Crippen LogP contribution in [0.4, 0.5) is 0 Å². The molecule has 3 rings (SSSR count). The van der Waals surface area contributed by atoms with Gasteiger partial charge in [-0.1, -0.05) is 6.07 Å². The van der Waals surface area contributed by atoms with E-state index in [9.17, 15) is 4.79 Å². The number of morpholine rings is 1. The number of aromatic nitrogens is 2. The van der Waals surface area contributed by atoms with Gasteiger partial charge >= 0.3 is 0 Å². The molecule has 0 aliphatic carbocycles. The Morgan fingerprint density at radius 1 is 1.36 bits per heavy atom. The number of carbonyl (C=O) groups is 1. The average molecular weight is 317 g/mol. The Hall–Kier alpha value is -1.79. The molecule has 1 fully saturated rings. The topological polar surface area (TPSA) is 55.3 Å². The molecule has 2 aromatic heterocycles. The Bertz CT molecular complexity index is 634. The number of rotatable bonds is 3. The summed E-state index contributed by atoms with van der Waals surface area (Å²) in [4.78, 5) is 23.1. The second kappa shape index (κ2) is 6.54. The first-order valence-corrected chi connectivity index (χ1v) is 8.29. The Morgan fingerprint density at radius 3 is 2.82 bits per heavy atom. The zero-order valence-corrected chi connectivity index (χ0v) is 13.5. The highest BCUT2D eigenvalue weighted by atomic mass is 32.1. The van der Waals surface area contributed by atoms with Crippen molar-refractivity contribution in [3.05, 3.63) is 35.5 Å². The molecule has 0 bridgehead atoms. The molecule has 1 amide bonds. The number of amides is 1. The molecule has 1 aliphatic heterocycles. The van der Waals surface area contributed by atoms with Gasteiger partial charge in [0.15, 0.2) is 0 Å². The lowest BCUT2D eigenvalue weighted by Crippen LogP contribution is -2.48. The van der Waals surface area contributed by atoms with E-state index in [1.165, 1.54) is 11.3 Å². The number of carbonyl (C=O) groups excluding carboxylic acids is 1. The highest BCUT2D eigenvalue weighted by Crippen LogP contribution is 2.22. The number of ether oxygens (including phenoxy) is 1. The van der Waals surface area contributed by atoms with Crippen LogP contribution in [0, 0.1) is 0 Å². The van der Waals surface area contributed by atoms with Gasteiger partial charge in [0.2, 0.25) is 5.91 Å². The van der Waals surface area contributed by atoms with Crippen LogP contribution in [-0.4, -0.2) is 46.1 Å². The standard InChI is InChI=1S/C16H19N3O2S/c1-11-8-19(9-12(2)21-11)15(20)7-13-10-22-16(18-13)14-5-3-4-6-17-14/h3-6,10-12H,7-9H2,1-2H3/t11-,12-/m0/s1. The van der Waals surface area contributed by atoms with Crippen LogP contribution >= 0.6 is 11.3 Å². The van der Waals surface area contributed by atoms with Crippen LogP contribution in [0.15, 0.2) is 29.8 Å². The van der Waals surface area contributed by atoms with Crippen LogP contribution in [0.1, 0.15) is 19.5 Å². The van der Waals surface area contributed by atoms with Crippen LogP contribution < -0.4 is 0 Å². The highest BCUT2D eigenvalue weighted by Gasteiger charge is 2.26. The fourth-order valence-corrected chi connectivity index (χ4v) is 3.44. The summed E-state index contributed by atoms with van der Waals surface area (Å²) in [5.41, 5.74) is 1.65. The van der Waals surface area contributed by atoms with E-state index in [4.69, 9.17) is 4.74 Å². The van der Waals surface area contributed by atoms with Crippen molar-refractivity contribution in [1.29, 1.82) is 0 Å². The predicted molar refractivity (Wildman–Crippen MR) is 85.6 cm³/mol. The monoisotopic (exact) mass is 317 g/mol. The molecule has 0 saturated carbocycles. The van der Waals surface area contributed by atoms with Gasteiger partial charge in [0, 0.05) is 24.7 Å². The van der Waals surface area contributed by atoms with Crippen molar-refractivity contribution in [3.63, 3.8) is 0 Å². The molecule has 0 unspecified atom stereocenters. The molecule has 0 N–H and O–H groups in total. The van der Waals surface area contributed by atoms with Gasteiger partial charge in [-0.15, -0.1) is 11.3 Å². The summed E-state index contributed by atoms with van der Waals surface area (Å²) in [5, 5.41) is 2.79. The summed E-state index contributed by atoms with van der Waals surface area (Å²) in [6.45, 7) is 5.30. The first-order chi connectivity index (χ1) is 10.6. The molecule has 6 heteroatoms. The van der Waals surface area contributed by atoms with E-state index in [1.807, 2.05) is 42.3 Å². The quantitative estimate of drug-likeness (QED) is 0.872. The molecular weight excluding hydrogens is 298 g/mol. The maximum Gasteiger partial charge on any atom is 0.228 e. The average Bonchev–Trinajstić information content (AvgIpc) is 2.95. The third kappa shape index (κ3) is 3.51. The van der Waals surface area contributed by atoms with Crippen LogP contribution in [-0.2, 0) is 16.0 Å². The highest BCUT2D eigenvalue weighted by molar-refractivity contribution is 7.13. The lowest BCUT2D eigenvalue weighted by atomic mass is 10.2. The Morgan fingerprint density at radius 2 is 2.14 bits per heavy atom. The smallest absolute Gasteiger partial charge is 0.228 e. The van der Waals surface area contributed by atoms with E-state index in [0.29, 0.717) is 19.5 Å². The number of hydrogen-bond donors (Lipinski definition) is 0. The molecule has 0 aromatic carbocycles. The molecule has 2 atom stereocenters. The van der Waals surface area contributed by atoms with Gasteiger partial charge in [-0.25, -0.2) is 4.98 Å². The summed E-state index contributed by atoms with van der Waals surface area (Å²) >= 11 is 1.52. The molecule has 1 aliphatic rings. The van der Waals surface area contributed by atoms with Gasteiger partial charge in [-0.05, 0) is 26.0 Å². The van der Waals surface area contributed by atoms with E-state index in [-0.39, 0.29) is 18.1 Å². The van der Waals surface area contributed by atoms with E-state index < -0.39 is 0 Å². The molecular formula is C16H19N3O2S. The maximum atomic E-state index is 12.4. The Kier molecular flexibility index (Phi) is 4.49. The lowest BCUT2D eigenvalue weighted by Gasteiger charge is -2.35. The third-order valence-corrected chi connectivity index (χ3v) is 4.45. The van der Waals surface area contributed by atoms with Crippen molar-refractivity contribution in [1.82, 2.24) is 14.9 Å². The van der Waals surface area contributed by atoms with Crippen molar-refractivity contribution in [2.24, 2.45) is 0 Å². The van der Waals surface area contributed by atoms with Crippen molar-refractivity contribution in [3.8, 4) is 10.7 Å². The van der Waals surface area contributed by atoms with Crippen LogP contribution in [0.3, 0.4) is 0 Å². The first kappa shape index (κ1) is 15.1. The zero-order valence-electron chi connectivity index (χ0n) is 12.7. The van der Waals surface area contributed by atoms with Crippen molar-refractivity contribution in [2.75, 3.05) is 13.1 Å². The largest absolute Gasteiger partial charge is 0.372 e.